The van der Waals surface area contributed by atoms with Gasteiger partial charge in [-0.2, -0.15) is 0 Å². The van der Waals surface area contributed by atoms with E-state index < -0.39 is 0 Å². The Hall–Kier alpha value is -3.32. The van der Waals surface area contributed by atoms with Crippen LogP contribution in [0.15, 0.2) is 53.1 Å². The standard InChI is InChI=1S/C24H28N4O3/c1-4-27(5-2)12-13-28-21-9-7-6-8-20(21)25-24(28)26-23(29)14-17-16-31-22-15-18(30-3)10-11-19(17)22/h6-11,15-16H,4-5,12-14H2,1-3H3,(H,25,26,29). The third kappa shape index (κ3) is 4.41. The van der Waals surface area contributed by atoms with E-state index in [-0.39, 0.29) is 12.3 Å². The second kappa shape index (κ2) is 9.22. The van der Waals surface area contributed by atoms with Gasteiger partial charge in [-0.15, -0.1) is 0 Å². The minimum Gasteiger partial charge on any atom is -0.497 e. The summed E-state index contributed by atoms with van der Waals surface area (Å²) in [6.45, 7) is 7.94. The molecule has 0 saturated heterocycles. The molecule has 4 rings (SSSR count). The number of methoxy groups -OCH3 is 1. The molecule has 162 valence electrons. The molecule has 7 heteroatoms. The molecule has 2 aromatic heterocycles. The van der Waals surface area contributed by atoms with Crippen molar-refractivity contribution in [3.05, 3.63) is 54.3 Å². The van der Waals surface area contributed by atoms with E-state index in [1.807, 2.05) is 42.5 Å². The highest BCUT2D eigenvalue weighted by atomic mass is 16.5. The van der Waals surface area contributed by atoms with Crippen molar-refractivity contribution < 1.29 is 13.9 Å². The van der Waals surface area contributed by atoms with Crippen molar-refractivity contribution in [3.63, 3.8) is 0 Å². The molecular weight excluding hydrogens is 392 g/mol. The third-order valence-corrected chi connectivity index (χ3v) is 5.65. The SMILES string of the molecule is CCN(CC)CCn1c(NC(=O)Cc2coc3cc(OC)ccc23)nc2ccccc21. The number of amides is 1. The van der Waals surface area contributed by atoms with Crippen LogP contribution in [0.1, 0.15) is 19.4 Å². The number of nitrogens with one attached hydrogen (secondary N) is 1. The number of hydrogen-bond acceptors (Lipinski definition) is 5. The summed E-state index contributed by atoms with van der Waals surface area (Å²) in [7, 11) is 1.62. The van der Waals surface area contributed by atoms with Gasteiger partial charge in [0.05, 0.1) is 30.8 Å². The Balaban J connectivity index is 1.55. The fraction of sp³-hybridized carbons (Fsp3) is 0.333. The molecule has 2 heterocycles. The monoisotopic (exact) mass is 420 g/mol. The lowest BCUT2D eigenvalue weighted by atomic mass is 10.1. The summed E-state index contributed by atoms with van der Waals surface area (Å²) >= 11 is 0. The maximum Gasteiger partial charge on any atom is 0.231 e. The van der Waals surface area contributed by atoms with Crippen LogP contribution >= 0.6 is 0 Å². The summed E-state index contributed by atoms with van der Waals surface area (Å²) in [6, 6.07) is 13.6. The number of anilines is 1. The van der Waals surface area contributed by atoms with E-state index in [4.69, 9.17) is 9.15 Å². The Morgan fingerprint density at radius 3 is 2.77 bits per heavy atom. The van der Waals surface area contributed by atoms with Gasteiger partial charge in [-0.1, -0.05) is 26.0 Å². The van der Waals surface area contributed by atoms with Gasteiger partial charge in [-0.05, 0) is 37.4 Å². The minimum absolute atomic E-state index is 0.127. The molecule has 7 nitrogen and oxygen atoms in total. The number of carbonyl (C=O) groups excluding carboxylic acids is 1. The highest BCUT2D eigenvalue weighted by Crippen LogP contribution is 2.26. The molecule has 4 aromatic rings. The minimum atomic E-state index is -0.127. The molecule has 0 unspecified atom stereocenters. The van der Waals surface area contributed by atoms with Gasteiger partial charge in [0.2, 0.25) is 11.9 Å². The third-order valence-electron chi connectivity index (χ3n) is 5.65. The van der Waals surface area contributed by atoms with Gasteiger partial charge in [-0.25, -0.2) is 4.98 Å². The summed E-state index contributed by atoms with van der Waals surface area (Å²) in [4.78, 5) is 19.9. The maximum absolute atomic E-state index is 12.9. The second-order valence-corrected chi connectivity index (χ2v) is 7.45. The van der Waals surface area contributed by atoms with Crippen LogP contribution in [0.2, 0.25) is 0 Å². The van der Waals surface area contributed by atoms with Gasteiger partial charge in [0.15, 0.2) is 0 Å². The predicted molar refractivity (Wildman–Crippen MR) is 123 cm³/mol. The van der Waals surface area contributed by atoms with Crippen LogP contribution in [0.3, 0.4) is 0 Å². The van der Waals surface area contributed by atoms with Crippen LogP contribution in [-0.4, -0.2) is 47.1 Å². The highest BCUT2D eigenvalue weighted by molar-refractivity contribution is 5.95. The number of para-hydroxylation sites is 2. The van der Waals surface area contributed by atoms with Crippen molar-refractivity contribution >= 4 is 33.9 Å². The number of benzene rings is 2. The summed E-state index contributed by atoms with van der Waals surface area (Å²) in [5, 5.41) is 3.92. The number of carbonyl (C=O) groups is 1. The van der Waals surface area contributed by atoms with Crippen molar-refractivity contribution in [2.45, 2.75) is 26.8 Å². The molecule has 0 aliphatic heterocycles. The fourth-order valence-electron chi connectivity index (χ4n) is 3.85. The Bertz CT molecular complexity index is 1190. The van der Waals surface area contributed by atoms with Crippen molar-refractivity contribution in [1.82, 2.24) is 14.5 Å². The van der Waals surface area contributed by atoms with E-state index in [0.717, 1.165) is 53.9 Å². The summed E-state index contributed by atoms with van der Waals surface area (Å²) < 4.78 is 12.9. The Kier molecular flexibility index (Phi) is 6.23. The topological polar surface area (TPSA) is 72.5 Å². The van der Waals surface area contributed by atoms with Crippen molar-refractivity contribution in [2.75, 3.05) is 32.1 Å². The number of furan rings is 1. The van der Waals surface area contributed by atoms with Crippen molar-refractivity contribution in [3.8, 4) is 5.75 Å². The largest absolute Gasteiger partial charge is 0.497 e. The smallest absolute Gasteiger partial charge is 0.231 e. The van der Waals surface area contributed by atoms with Gasteiger partial charge in [0.1, 0.15) is 11.3 Å². The Morgan fingerprint density at radius 2 is 2.00 bits per heavy atom. The lowest BCUT2D eigenvalue weighted by Gasteiger charge is -2.19. The fourth-order valence-corrected chi connectivity index (χ4v) is 3.85. The number of aromatic nitrogens is 2. The van der Waals surface area contributed by atoms with E-state index in [1.165, 1.54) is 0 Å². The molecule has 0 spiro atoms. The first kappa shape index (κ1) is 20.9. The highest BCUT2D eigenvalue weighted by Gasteiger charge is 2.16. The lowest BCUT2D eigenvalue weighted by Crippen LogP contribution is -2.28. The van der Waals surface area contributed by atoms with Crippen LogP contribution < -0.4 is 10.1 Å². The van der Waals surface area contributed by atoms with Gasteiger partial charge in [-0.3, -0.25) is 10.1 Å². The zero-order valence-corrected chi connectivity index (χ0v) is 18.2. The molecule has 0 aliphatic rings. The molecule has 0 aliphatic carbocycles. The number of fused-ring (bicyclic) bond motifs is 2. The first-order valence-electron chi connectivity index (χ1n) is 10.6. The van der Waals surface area contributed by atoms with Crippen molar-refractivity contribution in [1.29, 1.82) is 0 Å². The van der Waals surface area contributed by atoms with E-state index in [2.05, 4.69) is 33.6 Å². The lowest BCUT2D eigenvalue weighted by molar-refractivity contribution is -0.115. The molecule has 2 aromatic carbocycles. The molecular formula is C24H28N4O3. The molecule has 31 heavy (non-hydrogen) atoms. The van der Waals surface area contributed by atoms with E-state index in [0.29, 0.717) is 11.5 Å². The Morgan fingerprint density at radius 1 is 1.19 bits per heavy atom. The zero-order chi connectivity index (χ0) is 21.8. The average Bonchev–Trinajstić information content (AvgIpc) is 3.34. The van der Waals surface area contributed by atoms with Gasteiger partial charge < -0.3 is 18.6 Å². The molecule has 0 radical (unpaired) electrons. The second-order valence-electron chi connectivity index (χ2n) is 7.45. The molecule has 1 N–H and O–H groups in total. The Labute approximate surface area is 181 Å². The predicted octanol–water partition coefficient (Wildman–Crippen LogP) is 4.31. The molecule has 1 amide bonds. The normalized spacial score (nSPS) is 11.5. The number of imidazole rings is 1. The van der Waals surface area contributed by atoms with E-state index in [1.54, 1.807) is 13.4 Å². The van der Waals surface area contributed by atoms with Crippen molar-refractivity contribution in [2.24, 2.45) is 0 Å². The molecule has 0 atom stereocenters. The van der Waals surface area contributed by atoms with Crippen LogP contribution in [0.25, 0.3) is 22.0 Å². The summed E-state index contributed by atoms with van der Waals surface area (Å²) in [5.41, 5.74) is 3.43. The number of ether oxygens (including phenoxy) is 1. The van der Waals surface area contributed by atoms with E-state index >= 15 is 0 Å². The first-order valence-corrected chi connectivity index (χ1v) is 10.6. The first-order chi connectivity index (χ1) is 15.1. The van der Waals surface area contributed by atoms with Crippen LogP contribution in [0.4, 0.5) is 5.95 Å². The van der Waals surface area contributed by atoms with Crippen LogP contribution in [-0.2, 0) is 17.8 Å². The molecule has 0 saturated carbocycles. The number of nitrogens with zero attached hydrogens (tertiary/aromatic N) is 3. The van der Waals surface area contributed by atoms with Crippen LogP contribution in [0.5, 0.6) is 5.75 Å². The number of likely N-dealkylation sites (N-methyl/N-ethyl adjacent to an activating group) is 1. The van der Waals surface area contributed by atoms with E-state index in [9.17, 15) is 4.79 Å². The number of rotatable bonds is 9. The van der Waals surface area contributed by atoms with Crippen LogP contribution in [0, 0.1) is 0 Å². The molecule has 0 bridgehead atoms. The zero-order valence-electron chi connectivity index (χ0n) is 18.2. The van der Waals surface area contributed by atoms with Gasteiger partial charge >= 0.3 is 0 Å². The molecule has 0 fully saturated rings. The number of hydrogen-bond donors (Lipinski definition) is 1. The maximum atomic E-state index is 12.9. The quantitative estimate of drug-likeness (QED) is 0.437. The van der Waals surface area contributed by atoms with Gasteiger partial charge in [0, 0.05) is 30.1 Å². The summed E-state index contributed by atoms with van der Waals surface area (Å²) in [5.74, 6) is 1.17. The van der Waals surface area contributed by atoms with Gasteiger partial charge in [0.25, 0.3) is 0 Å². The summed E-state index contributed by atoms with van der Waals surface area (Å²) in [6.07, 6.45) is 1.84. The average molecular weight is 421 g/mol.